The van der Waals surface area contributed by atoms with Gasteiger partial charge in [0, 0.05) is 79.8 Å². The second-order valence-electron chi connectivity index (χ2n) is 8.57. The van der Waals surface area contributed by atoms with Crippen molar-refractivity contribution in [3.05, 3.63) is 152 Å². The van der Waals surface area contributed by atoms with Crippen LogP contribution in [0.3, 0.4) is 0 Å². The van der Waals surface area contributed by atoms with Gasteiger partial charge in [-0.1, -0.05) is 47.5 Å². The molecule has 0 amide bonds. The number of fused-ring (bicyclic) bond motifs is 3. The van der Waals surface area contributed by atoms with Gasteiger partial charge in [0.05, 0.1) is 5.82 Å². The molecule has 0 fully saturated rings. The summed E-state index contributed by atoms with van der Waals surface area (Å²) in [4.78, 5) is 12.6. The first-order valence-electron chi connectivity index (χ1n) is 12.3. The van der Waals surface area contributed by atoms with Gasteiger partial charge in [-0.15, -0.1) is 71.6 Å². The maximum absolute atomic E-state index is 4.40. The maximum Gasteiger partial charge on any atom is 0.0748 e. The number of hydrogen-bond acceptors (Lipinski definition) is 3. The van der Waals surface area contributed by atoms with Crippen molar-refractivity contribution >= 4 is 30.0 Å². The molecule has 0 aliphatic heterocycles. The van der Waals surface area contributed by atoms with Crippen molar-refractivity contribution in [3.63, 3.8) is 0 Å². The molecule has 7 aromatic rings. The summed E-state index contributed by atoms with van der Waals surface area (Å²) in [5.74, 6) is 0.720. The fourth-order valence-electron chi connectivity index (χ4n) is 4.29. The van der Waals surface area contributed by atoms with Crippen LogP contribution < -0.4 is 0 Å². The Morgan fingerprint density at radius 1 is 0.512 bits per heavy atom. The third-order valence-corrected chi connectivity index (χ3v) is 6.12. The molecule has 0 aliphatic carbocycles. The van der Waals surface area contributed by atoms with E-state index in [1.165, 1.54) is 16.2 Å². The van der Waals surface area contributed by atoms with E-state index >= 15 is 0 Å². The zero-order valence-corrected chi connectivity index (χ0v) is 27.2. The molecule has 0 saturated heterocycles. The van der Waals surface area contributed by atoms with Gasteiger partial charge in [0.25, 0.3) is 0 Å². The van der Waals surface area contributed by atoms with E-state index in [9.17, 15) is 0 Å². The molecule has 41 heavy (non-hydrogen) atoms. The number of aromatic nitrogens is 3. The van der Waals surface area contributed by atoms with Crippen molar-refractivity contribution in [2.75, 3.05) is 0 Å². The van der Waals surface area contributed by atoms with Crippen LogP contribution in [-0.4, -0.2) is 23.4 Å². The Hall–Kier alpha value is -3.33. The number of rotatable bonds is 3. The number of nitrogens with zero attached hydrogens (tertiary/aromatic N) is 3. The van der Waals surface area contributed by atoms with Gasteiger partial charge >= 0.3 is 0 Å². The van der Waals surface area contributed by atoms with Crippen molar-refractivity contribution in [3.8, 4) is 33.8 Å². The Labute approximate surface area is 281 Å². The summed E-state index contributed by atoms with van der Waals surface area (Å²) >= 11 is 0. The Kier molecular flexibility index (Phi) is 12.3. The molecular formula is C35H21BIrN3Y-4. The number of pyridine rings is 1. The third-order valence-electron chi connectivity index (χ3n) is 6.12. The molecule has 0 atom stereocenters. The summed E-state index contributed by atoms with van der Waals surface area (Å²) in [5, 5.41) is 4.84. The minimum Gasteiger partial charge on any atom is -0.352 e. The van der Waals surface area contributed by atoms with E-state index in [0.29, 0.717) is 0 Å². The van der Waals surface area contributed by atoms with E-state index in [-0.39, 0.29) is 61.2 Å². The zero-order chi connectivity index (χ0) is 25.6. The van der Waals surface area contributed by atoms with Crippen LogP contribution in [-0.2, 0) is 52.8 Å². The van der Waals surface area contributed by atoms with Gasteiger partial charge in [-0.25, -0.2) is 6.07 Å². The van der Waals surface area contributed by atoms with Crippen molar-refractivity contribution in [1.82, 2.24) is 15.0 Å². The quantitative estimate of drug-likeness (QED) is 0.105. The average Bonchev–Trinajstić information content (AvgIpc) is 3.02. The van der Waals surface area contributed by atoms with Crippen molar-refractivity contribution in [1.29, 1.82) is 0 Å². The summed E-state index contributed by atoms with van der Waals surface area (Å²) in [6, 6.07) is 49.6. The molecule has 0 aliphatic rings. The Balaban J connectivity index is 0.000000263. The standard InChI is InChI=1S/C25H14N.C10H7N2.B.Ir.Y/c1-2-9-23-18(6-1)11-12-21-16-20(13-14-24(21)23)19-7-5-8-22(17-19)25-10-3-4-15-26-25;1-2-5-9(6-3-1)10-11-7-4-8-12-10;;;/h1-7,9-15H;1-5,7-8H;;;/q-3;-1;;;. The molecular weight excluding hydrogens is 754 g/mol. The molecule has 2 aromatic heterocycles. The summed E-state index contributed by atoms with van der Waals surface area (Å²) in [6.45, 7) is 0. The van der Waals surface area contributed by atoms with E-state index < -0.39 is 0 Å². The number of hydrogen-bond donors (Lipinski definition) is 0. The van der Waals surface area contributed by atoms with Gasteiger partial charge in [0.15, 0.2) is 0 Å². The summed E-state index contributed by atoms with van der Waals surface area (Å²) in [6.07, 6.45) is 5.24. The number of benzene rings is 5. The second kappa shape index (κ2) is 15.6. The molecule has 0 unspecified atom stereocenters. The van der Waals surface area contributed by atoms with E-state index in [2.05, 4.69) is 87.7 Å². The van der Waals surface area contributed by atoms with Crippen LogP contribution >= 0.6 is 0 Å². The van der Waals surface area contributed by atoms with Crippen LogP contribution in [0.5, 0.6) is 0 Å². The second-order valence-corrected chi connectivity index (χ2v) is 8.57. The zero-order valence-electron chi connectivity index (χ0n) is 22.0. The molecule has 0 N–H and O–H groups in total. The summed E-state index contributed by atoms with van der Waals surface area (Å²) in [7, 11) is 0. The van der Waals surface area contributed by atoms with E-state index in [4.69, 9.17) is 0 Å². The molecule has 195 valence electrons. The Morgan fingerprint density at radius 3 is 2.05 bits per heavy atom. The van der Waals surface area contributed by atoms with Crippen LogP contribution in [0, 0.1) is 24.3 Å². The van der Waals surface area contributed by atoms with Gasteiger partial charge in [0.2, 0.25) is 0 Å². The van der Waals surface area contributed by atoms with Crippen LogP contribution in [0.2, 0.25) is 0 Å². The molecule has 5 radical (unpaired) electrons. The monoisotopic (exact) mass is 776 g/mol. The molecule has 0 saturated carbocycles. The Bertz CT molecular complexity index is 1780. The van der Waals surface area contributed by atoms with E-state index in [1.807, 2.05) is 54.6 Å². The van der Waals surface area contributed by atoms with Crippen molar-refractivity contribution < 1.29 is 52.8 Å². The Morgan fingerprint density at radius 2 is 1.27 bits per heavy atom. The molecule has 0 bridgehead atoms. The minimum atomic E-state index is 0. The van der Waals surface area contributed by atoms with Gasteiger partial charge in [-0.2, -0.15) is 5.56 Å². The molecule has 7 rings (SSSR count). The summed E-state index contributed by atoms with van der Waals surface area (Å²) < 4.78 is 0. The first-order valence-corrected chi connectivity index (χ1v) is 12.3. The van der Waals surface area contributed by atoms with Crippen LogP contribution in [0.25, 0.3) is 55.3 Å². The van der Waals surface area contributed by atoms with Crippen LogP contribution in [0.1, 0.15) is 0 Å². The largest absolute Gasteiger partial charge is 0.352 e. The predicted octanol–water partition coefficient (Wildman–Crippen LogP) is 7.68. The van der Waals surface area contributed by atoms with Gasteiger partial charge in [-0.3, -0.25) is 33.2 Å². The molecule has 3 nitrogen and oxygen atoms in total. The van der Waals surface area contributed by atoms with Crippen LogP contribution in [0.15, 0.2) is 128 Å². The van der Waals surface area contributed by atoms with Crippen molar-refractivity contribution in [2.24, 2.45) is 0 Å². The van der Waals surface area contributed by atoms with Gasteiger partial charge in [-0.05, 0) is 22.9 Å². The smallest absolute Gasteiger partial charge is 0.0748 e. The summed E-state index contributed by atoms with van der Waals surface area (Å²) in [5.41, 5.74) is 4.70. The predicted molar refractivity (Wildman–Crippen MR) is 159 cm³/mol. The fraction of sp³-hybridized carbons (Fsp3) is 0. The van der Waals surface area contributed by atoms with E-state index in [1.54, 1.807) is 24.7 Å². The molecule has 2 heterocycles. The molecule has 5 aromatic carbocycles. The fourth-order valence-corrected chi connectivity index (χ4v) is 4.29. The normalized spacial score (nSPS) is 9.85. The minimum absolute atomic E-state index is 0. The third kappa shape index (κ3) is 7.70. The first-order chi connectivity index (χ1) is 18.8. The average molecular weight is 776 g/mol. The van der Waals surface area contributed by atoms with E-state index in [0.717, 1.165) is 39.2 Å². The van der Waals surface area contributed by atoms with Crippen molar-refractivity contribution in [2.45, 2.75) is 0 Å². The van der Waals surface area contributed by atoms with Gasteiger partial charge in [0.1, 0.15) is 0 Å². The van der Waals surface area contributed by atoms with Gasteiger partial charge < -0.3 is 11.1 Å². The first kappa shape index (κ1) is 32.2. The SMILES string of the molecule is [B].[Ir].[Y].[c-]1ccc(-c2[c-]c3ccc4ccccc4c3cc2)[c-]c1-c1ccccn1.[c-]1ccccc1-c1ncccn1. The van der Waals surface area contributed by atoms with Crippen LogP contribution in [0.4, 0.5) is 0 Å². The topological polar surface area (TPSA) is 38.7 Å². The molecule has 6 heteroatoms. The maximum atomic E-state index is 4.40. The molecule has 0 spiro atoms.